The Morgan fingerprint density at radius 3 is 2.70 bits per heavy atom. The topological polar surface area (TPSA) is 55.6 Å². The molecule has 1 saturated heterocycles. The van der Waals surface area contributed by atoms with E-state index in [4.69, 9.17) is 10.5 Å². The number of hydrogen-bond donors (Lipinski definition) is 1. The Morgan fingerprint density at radius 2 is 2.15 bits per heavy atom. The molecule has 0 saturated carbocycles. The molecule has 2 unspecified atom stereocenters. The average Bonchev–Trinajstić information content (AvgIpc) is 2.94. The normalized spacial score (nSPS) is 22.4. The summed E-state index contributed by atoms with van der Waals surface area (Å²) >= 11 is 0. The molecule has 0 aromatic heterocycles. The highest BCUT2D eigenvalue weighted by atomic mass is 16.5. The van der Waals surface area contributed by atoms with Gasteiger partial charge < -0.3 is 15.4 Å². The average molecular weight is 276 g/mol. The maximum absolute atomic E-state index is 12.2. The lowest BCUT2D eigenvalue weighted by molar-refractivity contribution is -0.148. The number of carbonyl (C=O) groups is 1. The van der Waals surface area contributed by atoms with Gasteiger partial charge in [0.25, 0.3) is 0 Å². The fourth-order valence-corrected chi connectivity index (χ4v) is 2.93. The summed E-state index contributed by atoms with van der Waals surface area (Å²) in [5, 5.41) is 0. The van der Waals surface area contributed by atoms with E-state index in [1.807, 2.05) is 30.3 Å². The lowest BCUT2D eigenvalue weighted by atomic mass is 9.90. The summed E-state index contributed by atoms with van der Waals surface area (Å²) in [4.78, 5) is 14.5. The van der Waals surface area contributed by atoms with Gasteiger partial charge in [-0.2, -0.15) is 0 Å². The molecule has 4 nitrogen and oxygen atoms in total. The maximum atomic E-state index is 12.2. The number of esters is 1. The fraction of sp³-hybridized carbons (Fsp3) is 0.562. The number of likely N-dealkylation sites (tertiary alicyclic amines) is 1. The Hall–Kier alpha value is -1.39. The molecule has 1 aliphatic heterocycles. The van der Waals surface area contributed by atoms with Gasteiger partial charge in [-0.3, -0.25) is 0 Å². The van der Waals surface area contributed by atoms with Crippen LogP contribution in [0.15, 0.2) is 30.3 Å². The standard InChI is InChI=1S/C16H24N2O2/c1-3-13-9-10-18(11-13)12-16(17,15(19)20-2)14-7-5-4-6-8-14/h4-8,13H,3,9-12,17H2,1-2H3. The van der Waals surface area contributed by atoms with Crippen molar-refractivity contribution in [1.29, 1.82) is 0 Å². The molecule has 0 radical (unpaired) electrons. The number of nitrogens with two attached hydrogens (primary N) is 1. The first-order valence-electron chi connectivity index (χ1n) is 7.25. The van der Waals surface area contributed by atoms with Gasteiger partial charge in [-0.25, -0.2) is 4.79 Å². The molecule has 0 spiro atoms. The number of methoxy groups -OCH3 is 1. The second-order valence-corrected chi connectivity index (χ2v) is 5.63. The molecule has 20 heavy (non-hydrogen) atoms. The SMILES string of the molecule is CCC1CCN(CC(N)(C(=O)OC)c2ccccc2)C1. The zero-order valence-corrected chi connectivity index (χ0v) is 12.3. The molecule has 0 bridgehead atoms. The Balaban J connectivity index is 2.18. The minimum absolute atomic E-state index is 0.372. The van der Waals surface area contributed by atoms with Gasteiger partial charge in [0.1, 0.15) is 0 Å². The number of rotatable bonds is 5. The van der Waals surface area contributed by atoms with Crippen LogP contribution in [-0.4, -0.2) is 37.6 Å². The molecular formula is C16H24N2O2. The molecule has 2 atom stereocenters. The first-order chi connectivity index (χ1) is 9.60. The second kappa shape index (κ2) is 6.37. The molecule has 2 rings (SSSR count). The molecule has 1 aromatic rings. The third-order valence-electron chi connectivity index (χ3n) is 4.26. The van der Waals surface area contributed by atoms with E-state index in [0.29, 0.717) is 12.5 Å². The van der Waals surface area contributed by atoms with Crippen molar-refractivity contribution in [2.24, 2.45) is 11.7 Å². The number of carbonyl (C=O) groups excluding carboxylic acids is 1. The van der Waals surface area contributed by atoms with Gasteiger partial charge in [-0.1, -0.05) is 43.7 Å². The van der Waals surface area contributed by atoms with Crippen molar-refractivity contribution >= 4 is 5.97 Å². The molecular weight excluding hydrogens is 252 g/mol. The first kappa shape index (κ1) is 15.0. The smallest absolute Gasteiger partial charge is 0.331 e. The quantitative estimate of drug-likeness (QED) is 0.832. The summed E-state index contributed by atoms with van der Waals surface area (Å²) in [5.74, 6) is 0.344. The Bertz CT molecular complexity index is 449. The van der Waals surface area contributed by atoms with E-state index < -0.39 is 5.54 Å². The maximum Gasteiger partial charge on any atom is 0.331 e. The third kappa shape index (κ3) is 3.02. The van der Waals surface area contributed by atoms with Crippen LogP contribution in [0.1, 0.15) is 25.3 Å². The Labute approximate surface area is 120 Å². The van der Waals surface area contributed by atoms with Gasteiger partial charge in [-0.05, 0) is 24.4 Å². The largest absolute Gasteiger partial charge is 0.467 e. The van der Waals surface area contributed by atoms with Gasteiger partial charge in [-0.15, -0.1) is 0 Å². The van der Waals surface area contributed by atoms with Crippen LogP contribution in [0.25, 0.3) is 0 Å². The van der Waals surface area contributed by atoms with E-state index >= 15 is 0 Å². The Morgan fingerprint density at radius 1 is 1.45 bits per heavy atom. The lowest BCUT2D eigenvalue weighted by Gasteiger charge is -2.31. The van der Waals surface area contributed by atoms with Crippen LogP contribution in [0.5, 0.6) is 0 Å². The fourth-order valence-electron chi connectivity index (χ4n) is 2.93. The summed E-state index contributed by atoms with van der Waals surface area (Å²) in [7, 11) is 1.39. The van der Waals surface area contributed by atoms with Crippen LogP contribution in [0, 0.1) is 5.92 Å². The highest BCUT2D eigenvalue weighted by molar-refractivity contribution is 5.82. The zero-order valence-electron chi connectivity index (χ0n) is 12.3. The van der Waals surface area contributed by atoms with E-state index in [9.17, 15) is 4.79 Å². The summed E-state index contributed by atoms with van der Waals surface area (Å²) in [6.07, 6.45) is 2.36. The third-order valence-corrected chi connectivity index (χ3v) is 4.26. The van der Waals surface area contributed by atoms with Crippen molar-refractivity contribution in [2.45, 2.75) is 25.3 Å². The minimum atomic E-state index is -1.08. The van der Waals surface area contributed by atoms with Crippen molar-refractivity contribution in [1.82, 2.24) is 4.90 Å². The lowest BCUT2D eigenvalue weighted by Crippen LogP contribution is -2.53. The van der Waals surface area contributed by atoms with Crippen LogP contribution >= 0.6 is 0 Å². The zero-order chi connectivity index (χ0) is 14.6. The summed E-state index contributed by atoms with van der Waals surface area (Å²) in [6.45, 7) is 4.74. The second-order valence-electron chi connectivity index (χ2n) is 5.63. The van der Waals surface area contributed by atoms with Crippen molar-refractivity contribution in [3.63, 3.8) is 0 Å². The molecule has 1 aliphatic rings. The molecule has 110 valence electrons. The van der Waals surface area contributed by atoms with Crippen LogP contribution in [-0.2, 0) is 15.1 Å². The molecule has 0 aliphatic carbocycles. The summed E-state index contributed by atoms with van der Waals surface area (Å²) in [6, 6.07) is 9.51. The number of nitrogens with zero attached hydrogens (tertiary/aromatic N) is 1. The molecule has 1 fully saturated rings. The van der Waals surface area contributed by atoms with Gasteiger partial charge in [0.15, 0.2) is 5.54 Å². The van der Waals surface area contributed by atoms with Crippen LogP contribution < -0.4 is 5.73 Å². The molecule has 1 heterocycles. The molecule has 1 aromatic carbocycles. The minimum Gasteiger partial charge on any atom is -0.467 e. The van der Waals surface area contributed by atoms with E-state index in [1.54, 1.807) is 0 Å². The Kier molecular flexibility index (Phi) is 4.78. The molecule has 4 heteroatoms. The van der Waals surface area contributed by atoms with Gasteiger partial charge in [0.2, 0.25) is 0 Å². The van der Waals surface area contributed by atoms with Crippen molar-refractivity contribution in [3.8, 4) is 0 Å². The monoisotopic (exact) mass is 276 g/mol. The van der Waals surface area contributed by atoms with E-state index in [0.717, 1.165) is 18.7 Å². The summed E-state index contributed by atoms with van der Waals surface area (Å²) < 4.78 is 4.94. The molecule has 0 amide bonds. The van der Waals surface area contributed by atoms with Crippen molar-refractivity contribution in [3.05, 3.63) is 35.9 Å². The van der Waals surface area contributed by atoms with Crippen LogP contribution in [0.3, 0.4) is 0 Å². The predicted molar refractivity (Wildman–Crippen MR) is 79.2 cm³/mol. The van der Waals surface area contributed by atoms with Gasteiger partial charge in [0, 0.05) is 13.1 Å². The molecule has 2 N–H and O–H groups in total. The highest BCUT2D eigenvalue weighted by Gasteiger charge is 2.40. The van der Waals surface area contributed by atoms with Crippen LogP contribution in [0.2, 0.25) is 0 Å². The van der Waals surface area contributed by atoms with Crippen molar-refractivity contribution in [2.75, 3.05) is 26.7 Å². The predicted octanol–water partition coefficient (Wildman–Crippen LogP) is 1.75. The van der Waals surface area contributed by atoms with Crippen LogP contribution in [0.4, 0.5) is 0 Å². The van der Waals surface area contributed by atoms with E-state index in [-0.39, 0.29) is 5.97 Å². The van der Waals surface area contributed by atoms with E-state index in [2.05, 4.69) is 11.8 Å². The van der Waals surface area contributed by atoms with Gasteiger partial charge >= 0.3 is 5.97 Å². The highest BCUT2D eigenvalue weighted by Crippen LogP contribution is 2.26. The van der Waals surface area contributed by atoms with Gasteiger partial charge in [0.05, 0.1) is 7.11 Å². The summed E-state index contributed by atoms with van der Waals surface area (Å²) in [5.41, 5.74) is 6.15. The van der Waals surface area contributed by atoms with Crippen molar-refractivity contribution < 1.29 is 9.53 Å². The number of ether oxygens (including phenoxy) is 1. The first-order valence-corrected chi connectivity index (χ1v) is 7.25. The number of hydrogen-bond acceptors (Lipinski definition) is 4. The number of benzene rings is 1. The van der Waals surface area contributed by atoms with E-state index in [1.165, 1.54) is 20.0 Å².